The van der Waals surface area contributed by atoms with Gasteiger partial charge in [-0.25, -0.2) is 4.68 Å². The number of halogens is 4. The largest absolute Gasteiger partial charge is 0.619 e. The molecule has 0 fully saturated rings. The van der Waals surface area contributed by atoms with Crippen LogP contribution < -0.4 is 9.63 Å². The van der Waals surface area contributed by atoms with Crippen molar-refractivity contribution in [1.29, 1.82) is 0 Å². The van der Waals surface area contributed by atoms with E-state index in [1.54, 1.807) is 23.2 Å². The number of nitrogens with zero attached hydrogens (tertiary/aromatic N) is 4. The van der Waals surface area contributed by atoms with E-state index in [4.69, 9.17) is 23.8 Å². The molecule has 0 bridgehead atoms. The summed E-state index contributed by atoms with van der Waals surface area (Å²) in [5.41, 5.74) is 1.05. The minimum atomic E-state index is -4.24. The van der Waals surface area contributed by atoms with E-state index in [0.29, 0.717) is 27.6 Å². The third kappa shape index (κ3) is 7.23. The highest BCUT2D eigenvalue weighted by Gasteiger charge is 2.26. The topological polar surface area (TPSA) is 65.1 Å². The summed E-state index contributed by atoms with van der Waals surface area (Å²) >= 11 is 11.7. The van der Waals surface area contributed by atoms with Gasteiger partial charge < -0.3 is 10.1 Å². The number of hydrogen-bond donors (Lipinski definition) is 0. The van der Waals surface area contributed by atoms with Crippen molar-refractivity contribution >= 4 is 45.3 Å². The maximum absolute atomic E-state index is 12.2. The number of aromatic nitrogens is 3. The van der Waals surface area contributed by atoms with Gasteiger partial charge in [-0.2, -0.15) is 23.0 Å². The predicted octanol–water partition coefficient (Wildman–Crippen LogP) is 3.79. The number of thiocarbonyl (C=S) groups is 1. The Morgan fingerprint density at radius 2 is 2.17 bits per heavy atom. The van der Waals surface area contributed by atoms with Gasteiger partial charge in [0.25, 0.3) is 0 Å². The first-order valence-corrected chi connectivity index (χ1v) is 11.0. The molecule has 2 aromatic rings. The summed E-state index contributed by atoms with van der Waals surface area (Å²) in [4.78, 5) is 2.19. The molecule has 0 amide bonds. The van der Waals surface area contributed by atoms with E-state index in [1.807, 2.05) is 6.92 Å². The van der Waals surface area contributed by atoms with E-state index in [1.165, 1.54) is 17.1 Å². The first-order chi connectivity index (χ1) is 13.6. The smallest absolute Gasteiger partial charge is 0.389 e. The summed E-state index contributed by atoms with van der Waals surface area (Å²) in [7, 11) is -1.39. The standard InChI is InChI=1S/C17H20ClF3N4O2S2/c1-2-24(15(28)6-10-29(27)9-4-7-17(19,20)21)14-12-25(22-16(14)18)13-5-3-8-23(26)11-13/h3,5,8,11-12H,2,4,6-7,9-10H2,1H3. The molecule has 160 valence electrons. The quantitative estimate of drug-likeness (QED) is 0.318. The van der Waals surface area contributed by atoms with Crippen LogP contribution in [-0.2, 0) is 10.8 Å². The van der Waals surface area contributed by atoms with Crippen molar-refractivity contribution in [2.45, 2.75) is 32.4 Å². The lowest BCUT2D eigenvalue weighted by Crippen LogP contribution is -2.30. The van der Waals surface area contributed by atoms with Crippen LogP contribution in [0.3, 0.4) is 0 Å². The Bertz CT molecular complexity index is 877. The maximum Gasteiger partial charge on any atom is 0.389 e. The molecule has 1 unspecified atom stereocenters. The lowest BCUT2D eigenvalue weighted by Gasteiger charge is -2.22. The van der Waals surface area contributed by atoms with Crippen LogP contribution in [-0.4, -0.2) is 43.2 Å². The number of hydrogen-bond acceptors (Lipinski definition) is 4. The van der Waals surface area contributed by atoms with Gasteiger partial charge in [0.2, 0.25) is 6.20 Å². The van der Waals surface area contributed by atoms with E-state index >= 15 is 0 Å². The van der Waals surface area contributed by atoms with Gasteiger partial charge >= 0.3 is 6.18 Å². The van der Waals surface area contributed by atoms with Crippen molar-refractivity contribution in [1.82, 2.24) is 9.78 Å². The van der Waals surface area contributed by atoms with Crippen LogP contribution in [0.4, 0.5) is 18.9 Å². The molecule has 6 nitrogen and oxygen atoms in total. The fourth-order valence-corrected chi connectivity index (χ4v) is 4.37. The molecule has 2 aromatic heterocycles. The molecular weight excluding hydrogens is 449 g/mol. The Balaban J connectivity index is 2.00. The molecule has 0 saturated heterocycles. The second kappa shape index (κ2) is 10.4. The van der Waals surface area contributed by atoms with Gasteiger partial charge in [-0.1, -0.05) is 23.8 Å². The second-order valence-electron chi connectivity index (χ2n) is 6.13. The van der Waals surface area contributed by atoms with E-state index in [0.717, 1.165) is 0 Å². The van der Waals surface area contributed by atoms with Gasteiger partial charge in [0.1, 0.15) is 5.69 Å². The molecule has 0 aliphatic heterocycles. The molecule has 0 N–H and O–H groups in total. The van der Waals surface area contributed by atoms with Gasteiger partial charge in [0, 0.05) is 47.8 Å². The molecule has 1 atom stereocenters. The number of pyridine rings is 1. The summed E-state index contributed by atoms with van der Waals surface area (Å²) in [5.74, 6) is 0.157. The van der Waals surface area contributed by atoms with Crippen LogP contribution in [0.1, 0.15) is 26.2 Å². The zero-order valence-electron chi connectivity index (χ0n) is 15.6. The fourth-order valence-electron chi connectivity index (χ4n) is 2.59. The molecule has 2 rings (SSSR count). The molecule has 0 saturated carbocycles. The molecule has 0 spiro atoms. The van der Waals surface area contributed by atoms with E-state index in [9.17, 15) is 22.6 Å². The first-order valence-electron chi connectivity index (χ1n) is 8.77. The third-order valence-corrected chi connectivity index (χ3v) is 6.06. The van der Waals surface area contributed by atoms with Gasteiger partial charge in [0.05, 0.1) is 16.9 Å². The highest BCUT2D eigenvalue weighted by Crippen LogP contribution is 2.27. The van der Waals surface area contributed by atoms with Crippen molar-refractivity contribution in [3.8, 4) is 5.69 Å². The molecule has 2 heterocycles. The van der Waals surface area contributed by atoms with Crippen LogP contribution in [0, 0.1) is 5.21 Å². The van der Waals surface area contributed by atoms with Gasteiger partial charge in [-0.15, -0.1) is 0 Å². The minimum absolute atomic E-state index is 0.0177. The van der Waals surface area contributed by atoms with Crippen LogP contribution in [0.25, 0.3) is 5.69 Å². The molecular formula is C17H20ClF3N4O2S2. The zero-order chi connectivity index (χ0) is 21.6. The Morgan fingerprint density at radius 1 is 1.45 bits per heavy atom. The molecule has 0 radical (unpaired) electrons. The fraction of sp³-hybridized carbons (Fsp3) is 0.471. The number of anilines is 1. The summed E-state index contributed by atoms with van der Waals surface area (Å²) in [6.07, 6.45) is -0.760. The van der Waals surface area contributed by atoms with Gasteiger partial charge in [0.15, 0.2) is 11.3 Å². The van der Waals surface area contributed by atoms with Crippen molar-refractivity contribution < 1.29 is 22.1 Å². The van der Waals surface area contributed by atoms with Crippen molar-refractivity contribution in [3.63, 3.8) is 0 Å². The zero-order valence-corrected chi connectivity index (χ0v) is 18.0. The van der Waals surface area contributed by atoms with Crippen LogP contribution in [0.5, 0.6) is 0 Å². The lowest BCUT2D eigenvalue weighted by atomic mass is 10.3. The summed E-state index contributed by atoms with van der Waals surface area (Å²) < 4.78 is 50.6. The van der Waals surface area contributed by atoms with Crippen molar-refractivity contribution in [3.05, 3.63) is 41.1 Å². The Kier molecular flexibility index (Phi) is 8.41. The van der Waals surface area contributed by atoms with Crippen LogP contribution >= 0.6 is 23.8 Å². The third-order valence-electron chi connectivity index (χ3n) is 3.96. The summed E-state index contributed by atoms with van der Waals surface area (Å²) in [5, 5.41) is 15.8. The monoisotopic (exact) mass is 468 g/mol. The van der Waals surface area contributed by atoms with Crippen LogP contribution in [0.2, 0.25) is 5.15 Å². The van der Waals surface area contributed by atoms with Crippen LogP contribution in [0.15, 0.2) is 30.7 Å². The number of alkyl halides is 3. The predicted molar refractivity (Wildman–Crippen MR) is 111 cm³/mol. The van der Waals surface area contributed by atoms with Gasteiger partial charge in [-0.05, 0) is 19.4 Å². The SMILES string of the molecule is CCN(C(=S)CCS(=O)CCCC(F)(F)F)c1cn(-c2ccc[n+]([O-])c2)nc1Cl. The highest BCUT2D eigenvalue weighted by atomic mass is 35.5. The highest BCUT2D eigenvalue weighted by molar-refractivity contribution is 7.85. The van der Waals surface area contributed by atoms with Crippen molar-refractivity contribution in [2.75, 3.05) is 23.0 Å². The Morgan fingerprint density at radius 3 is 2.79 bits per heavy atom. The maximum atomic E-state index is 12.2. The summed E-state index contributed by atoms with van der Waals surface area (Å²) in [6, 6.07) is 3.27. The van der Waals surface area contributed by atoms with E-state index < -0.39 is 23.4 Å². The minimum Gasteiger partial charge on any atom is -0.619 e. The van der Waals surface area contributed by atoms with Gasteiger partial charge in [-0.3, -0.25) is 4.21 Å². The summed E-state index contributed by atoms with van der Waals surface area (Å²) in [6.45, 7) is 2.33. The average molecular weight is 469 g/mol. The molecule has 29 heavy (non-hydrogen) atoms. The molecule has 0 aliphatic carbocycles. The molecule has 0 aliphatic rings. The Labute approximate surface area is 179 Å². The Hall–Kier alpha value is -1.72. The van der Waals surface area contributed by atoms with E-state index in [-0.39, 0.29) is 29.5 Å². The molecule has 0 aromatic carbocycles. The second-order valence-corrected chi connectivity index (χ2v) is 8.65. The average Bonchev–Trinajstić information content (AvgIpc) is 3.01. The van der Waals surface area contributed by atoms with E-state index in [2.05, 4.69) is 5.10 Å². The normalized spacial score (nSPS) is 12.7. The van der Waals surface area contributed by atoms with Crippen molar-refractivity contribution in [2.24, 2.45) is 0 Å². The lowest BCUT2D eigenvalue weighted by molar-refractivity contribution is -0.605. The number of rotatable bonds is 9. The first kappa shape index (κ1) is 23.6. The molecule has 12 heteroatoms.